The summed E-state index contributed by atoms with van der Waals surface area (Å²) in [5.41, 5.74) is -0.270. The van der Waals surface area contributed by atoms with E-state index >= 15 is 0 Å². The number of hydrogen-bond donors (Lipinski definition) is 2. The van der Waals surface area contributed by atoms with Crippen LogP contribution in [0.5, 0.6) is 0 Å². The van der Waals surface area contributed by atoms with Gasteiger partial charge in [-0.15, -0.1) is 0 Å². The summed E-state index contributed by atoms with van der Waals surface area (Å²) in [4.78, 5) is 27.8. The zero-order valence-corrected chi connectivity index (χ0v) is 10.4. The number of urea groups is 1. The number of amides is 2. The second-order valence-corrected chi connectivity index (χ2v) is 4.56. The van der Waals surface area contributed by atoms with Gasteiger partial charge in [0.05, 0.1) is 0 Å². The zero-order valence-electron chi connectivity index (χ0n) is 10.4. The molecule has 0 saturated carbocycles. The molecule has 96 valence electrons. The van der Waals surface area contributed by atoms with Crippen molar-refractivity contribution in [3.05, 3.63) is 30.1 Å². The summed E-state index contributed by atoms with van der Waals surface area (Å²) in [6.07, 6.45) is 5.70. The van der Waals surface area contributed by atoms with Gasteiger partial charge in [-0.3, -0.25) is 9.78 Å². The average molecular weight is 247 g/mol. The predicted octanol–water partition coefficient (Wildman–Crippen LogP) is 1.51. The number of hydrogen-bond acceptors (Lipinski definition) is 3. The molecule has 18 heavy (non-hydrogen) atoms. The van der Waals surface area contributed by atoms with E-state index in [1.54, 1.807) is 24.5 Å². The van der Waals surface area contributed by atoms with E-state index < -0.39 is 5.54 Å². The van der Waals surface area contributed by atoms with Crippen LogP contribution >= 0.6 is 0 Å². The first kappa shape index (κ1) is 12.5. The number of aromatic nitrogens is 1. The fourth-order valence-electron chi connectivity index (χ4n) is 2.19. The van der Waals surface area contributed by atoms with Gasteiger partial charge < -0.3 is 10.6 Å². The first-order chi connectivity index (χ1) is 8.68. The van der Waals surface area contributed by atoms with E-state index in [1.165, 1.54) is 0 Å². The van der Waals surface area contributed by atoms with Crippen molar-refractivity contribution in [2.75, 3.05) is 6.54 Å². The van der Waals surface area contributed by atoms with Crippen LogP contribution < -0.4 is 10.6 Å². The van der Waals surface area contributed by atoms with E-state index in [4.69, 9.17) is 0 Å². The van der Waals surface area contributed by atoms with Crippen LogP contribution in [0.3, 0.4) is 0 Å². The molecule has 1 unspecified atom stereocenters. The van der Waals surface area contributed by atoms with Gasteiger partial charge in [0.15, 0.2) is 5.78 Å². The van der Waals surface area contributed by atoms with E-state index in [-0.39, 0.29) is 11.8 Å². The van der Waals surface area contributed by atoms with Crippen LogP contribution in [0, 0.1) is 0 Å². The second-order valence-electron chi connectivity index (χ2n) is 4.56. The Balaban J connectivity index is 2.24. The highest BCUT2D eigenvalue weighted by Crippen LogP contribution is 2.22. The Bertz CT molecular complexity index is 447. The van der Waals surface area contributed by atoms with Gasteiger partial charge >= 0.3 is 6.03 Å². The van der Waals surface area contributed by atoms with Crippen molar-refractivity contribution in [2.24, 2.45) is 0 Å². The van der Waals surface area contributed by atoms with Crippen molar-refractivity contribution in [3.63, 3.8) is 0 Å². The molecule has 5 heteroatoms. The van der Waals surface area contributed by atoms with Crippen LogP contribution in [0.15, 0.2) is 24.5 Å². The number of nitrogens with zero attached hydrogens (tertiary/aromatic N) is 1. The third-order valence-corrected chi connectivity index (χ3v) is 3.22. The summed E-state index contributed by atoms with van der Waals surface area (Å²) in [6, 6.07) is 3.18. The van der Waals surface area contributed by atoms with Crippen molar-refractivity contribution >= 4 is 11.8 Å². The lowest BCUT2D eigenvalue weighted by molar-refractivity contribution is 0.0869. The van der Waals surface area contributed by atoms with Crippen LogP contribution in [0.25, 0.3) is 0 Å². The summed E-state index contributed by atoms with van der Waals surface area (Å²) in [5, 5.41) is 5.45. The number of carbonyl (C=O) groups is 2. The van der Waals surface area contributed by atoms with E-state index in [0.717, 1.165) is 12.8 Å². The third-order valence-electron chi connectivity index (χ3n) is 3.22. The molecule has 2 amide bonds. The highest BCUT2D eigenvalue weighted by atomic mass is 16.2. The van der Waals surface area contributed by atoms with Crippen LogP contribution in [0.1, 0.15) is 36.5 Å². The average Bonchev–Trinajstić information content (AvgIpc) is 2.79. The Kier molecular flexibility index (Phi) is 3.60. The molecule has 0 radical (unpaired) electrons. The van der Waals surface area contributed by atoms with Crippen LogP contribution in [0.4, 0.5) is 4.79 Å². The van der Waals surface area contributed by atoms with Crippen molar-refractivity contribution < 1.29 is 9.59 Å². The molecule has 2 rings (SSSR count). The minimum Gasteiger partial charge on any atom is -0.335 e. The molecular weight excluding hydrogens is 230 g/mol. The van der Waals surface area contributed by atoms with Gasteiger partial charge in [0.25, 0.3) is 0 Å². The number of Topliss-reactive ketones (excluding diaryl/α,β-unsaturated/α-hetero) is 1. The Morgan fingerprint density at radius 2 is 2.39 bits per heavy atom. The molecule has 0 aliphatic carbocycles. The molecule has 2 N–H and O–H groups in total. The zero-order chi connectivity index (χ0) is 13.0. The molecule has 1 aliphatic heterocycles. The Labute approximate surface area is 106 Å². The topological polar surface area (TPSA) is 71.1 Å². The third kappa shape index (κ3) is 2.34. The monoisotopic (exact) mass is 247 g/mol. The molecule has 5 nitrogen and oxygen atoms in total. The molecule has 2 heterocycles. The minimum absolute atomic E-state index is 0.0672. The quantitative estimate of drug-likeness (QED) is 0.775. The first-order valence-corrected chi connectivity index (χ1v) is 6.19. The lowest BCUT2D eigenvalue weighted by atomic mass is 9.86. The van der Waals surface area contributed by atoms with E-state index in [1.807, 2.05) is 0 Å². The molecule has 1 atom stereocenters. The normalized spacial score (nSPS) is 22.4. The maximum Gasteiger partial charge on any atom is 0.315 e. The Morgan fingerprint density at radius 3 is 2.94 bits per heavy atom. The number of ketones is 1. The van der Waals surface area contributed by atoms with Gasteiger partial charge in [-0.05, 0) is 18.6 Å². The largest absolute Gasteiger partial charge is 0.335 e. The highest BCUT2D eigenvalue weighted by Gasteiger charge is 2.44. The summed E-state index contributed by atoms with van der Waals surface area (Å²) < 4.78 is 0. The Hall–Kier alpha value is -1.91. The number of rotatable bonds is 5. The maximum absolute atomic E-state index is 12.5. The summed E-state index contributed by atoms with van der Waals surface area (Å²) in [6.45, 7) is 2.41. The van der Waals surface area contributed by atoms with Crippen molar-refractivity contribution in [1.82, 2.24) is 15.6 Å². The van der Waals surface area contributed by atoms with Crippen LogP contribution in [-0.2, 0) is 0 Å². The molecule has 1 saturated heterocycles. The lowest BCUT2D eigenvalue weighted by Gasteiger charge is -2.26. The molecule has 1 aliphatic rings. The van der Waals surface area contributed by atoms with Gasteiger partial charge in [0.2, 0.25) is 0 Å². The maximum atomic E-state index is 12.5. The van der Waals surface area contributed by atoms with Gasteiger partial charge in [-0.25, -0.2) is 4.79 Å². The van der Waals surface area contributed by atoms with E-state index in [9.17, 15) is 9.59 Å². The number of pyridine rings is 1. The van der Waals surface area contributed by atoms with E-state index in [0.29, 0.717) is 18.5 Å². The molecule has 0 aromatic carbocycles. The van der Waals surface area contributed by atoms with Gasteiger partial charge in [-0.1, -0.05) is 19.8 Å². The fraction of sp³-hybridized carbons (Fsp3) is 0.462. The number of carbonyl (C=O) groups excluding carboxylic acids is 2. The van der Waals surface area contributed by atoms with Gasteiger partial charge in [0.1, 0.15) is 5.54 Å². The second kappa shape index (κ2) is 5.16. The summed E-state index contributed by atoms with van der Waals surface area (Å²) >= 11 is 0. The number of unbranched alkanes of at least 4 members (excludes halogenated alkanes) is 1. The summed E-state index contributed by atoms with van der Waals surface area (Å²) in [7, 11) is 0. The van der Waals surface area contributed by atoms with Gasteiger partial charge in [-0.2, -0.15) is 0 Å². The predicted molar refractivity (Wildman–Crippen MR) is 67.4 cm³/mol. The molecule has 1 fully saturated rings. The standard InChI is InChI=1S/C13H17N3O2/c1-2-3-6-13(9-15-12(18)16-13)11(17)10-5-4-7-14-8-10/h4-5,7-8H,2-3,6,9H2,1H3,(H2,15,16,18). The summed E-state index contributed by atoms with van der Waals surface area (Å²) in [5.74, 6) is -0.0672. The SMILES string of the molecule is CCCCC1(C(=O)c2cccnc2)CNC(=O)N1. The highest BCUT2D eigenvalue weighted by molar-refractivity contribution is 6.06. The minimum atomic E-state index is -0.809. The lowest BCUT2D eigenvalue weighted by Crippen LogP contribution is -2.51. The van der Waals surface area contributed by atoms with Crippen LogP contribution in [-0.4, -0.2) is 28.9 Å². The molecular formula is C13H17N3O2. The van der Waals surface area contributed by atoms with Crippen molar-refractivity contribution in [1.29, 1.82) is 0 Å². The van der Waals surface area contributed by atoms with E-state index in [2.05, 4.69) is 22.5 Å². The molecule has 0 bridgehead atoms. The number of nitrogens with one attached hydrogen (secondary N) is 2. The molecule has 1 aromatic heterocycles. The smallest absolute Gasteiger partial charge is 0.315 e. The Morgan fingerprint density at radius 1 is 1.56 bits per heavy atom. The van der Waals surface area contributed by atoms with Gasteiger partial charge in [0, 0.05) is 24.5 Å². The van der Waals surface area contributed by atoms with Crippen molar-refractivity contribution in [2.45, 2.75) is 31.7 Å². The first-order valence-electron chi connectivity index (χ1n) is 6.19. The molecule has 1 aromatic rings. The van der Waals surface area contributed by atoms with Crippen LogP contribution in [0.2, 0.25) is 0 Å². The van der Waals surface area contributed by atoms with Crippen molar-refractivity contribution in [3.8, 4) is 0 Å². The molecule has 0 spiro atoms. The fourth-order valence-corrected chi connectivity index (χ4v) is 2.19.